The summed E-state index contributed by atoms with van der Waals surface area (Å²) in [7, 11) is 0. The molecule has 0 spiro atoms. The van der Waals surface area contributed by atoms with E-state index in [1.807, 2.05) is 6.07 Å². The van der Waals surface area contributed by atoms with Gasteiger partial charge in [-0.15, -0.1) is 6.58 Å². The fraction of sp³-hybridized carbons (Fsp3) is 0.529. The van der Waals surface area contributed by atoms with Gasteiger partial charge in [-0.3, -0.25) is 0 Å². The third-order valence-corrected chi connectivity index (χ3v) is 4.35. The first-order valence-electron chi connectivity index (χ1n) is 7.32. The summed E-state index contributed by atoms with van der Waals surface area (Å²) in [6, 6.07) is 10.4. The fourth-order valence-electron chi connectivity index (χ4n) is 3.13. The van der Waals surface area contributed by atoms with Crippen LogP contribution in [0.5, 0.6) is 0 Å². The van der Waals surface area contributed by atoms with Crippen molar-refractivity contribution in [3.63, 3.8) is 0 Å². The zero-order valence-corrected chi connectivity index (χ0v) is 11.6. The Labute approximate surface area is 116 Å². The van der Waals surface area contributed by atoms with Crippen LogP contribution in [0.25, 0.3) is 0 Å². The van der Waals surface area contributed by atoms with Crippen LogP contribution >= 0.6 is 0 Å². The Bertz CT molecular complexity index is 382. The molecule has 1 fully saturated rings. The Morgan fingerprint density at radius 2 is 1.89 bits per heavy atom. The molecule has 1 atom stereocenters. The normalized spacial score (nSPS) is 19.8. The van der Waals surface area contributed by atoms with Crippen molar-refractivity contribution in [2.45, 2.75) is 44.8 Å². The van der Waals surface area contributed by atoms with Gasteiger partial charge in [-0.25, -0.2) is 0 Å². The number of benzene rings is 1. The third kappa shape index (κ3) is 3.68. The van der Waals surface area contributed by atoms with Crippen LogP contribution in [0.15, 0.2) is 43.0 Å². The van der Waals surface area contributed by atoms with E-state index in [1.165, 1.54) is 24.8 Å². The smallest absolute Gasteiger partial charge is 0.0786 e. The minimum atomic E-state index is -0.393. The third-order valence-electron chi connectivity index (χ3n) is 4.35. The van der Waals surface area contributed by atoms with Crippen molar-refractivity contribution in [1.82, 2.24) is 5.32 Å². The maximum Gasteiger partial charge on any atom is 0.0786 e. The highest BCUT2D eigenvalue weighted by atomic mass is 16.3. The molecule has 0 saturated heterocycles. The summed E-state index contributed by atoms with van der Waals surface area (Å²) in [5, 5.41) is 13.8. The van der Waals surface area contributed by atoms with Gasteiger partial charge in [-0.05, 0) is 18.4 Å². The van der Waals surface area contributed by atoms with Crippen LogP contribution in [-0.4, -0.2) is 17.8 Å². The minimum absolute atomic E-state index is 0.00518. The lowest BCUT2D eigenvalue weighted by molar-refractivity contribution is 0.0283. The summed E-state index contributed by atoms with van der Waals surface area (Å²) in [6.45, 7) is 5.51. The molecule has 0 heterocycles. The van der Waals surface area contributed by atoms with Crippen molar-refractivity contribution in [1.29, 1.82) is 0 Å². The maximum absolute atomic E-state index is 10.3. The standard InChI is InChI=1S/C17H25NO/c1-2-16(19)17(11-7-4-8-12-17)14-18-13-15-9-5-3-6-10-15/h2-3,5-6,9-10,16,18-19H,1,4,7-8,11-14H2. The lowest BCUT2D eigenvalue weighted by Gasteiger charge is -2.40. The summed E-state index contributed by atoms with van der Waals surface area (Å²) in [6.07, 6.45) is 7.25. The van der Waals surface area contributed by atoms with E-state index in [9.17, 15) is 5.11 Å². The average Bonchev–Trinajstić information content (AvgIpc) is 2.48. The molecule has 0 aliphatic heterocycles. The molecule has 1 aliphatic rings. The van der Waals surface area contributed by atoms with Gasteiger partial charge in [-0.2, -0.15) is 0 Å². The van der Waals surface area contributed by atoms with Gasteiger partial charge in [0.05, 0.1) is 6.10 Å². The molecule has 2 rings (SSSR count). The second-order valence-electron chi connectivity index (χ2n) is 5.69. The lowest BCUT2D eigenvalue weighted by Crippen LogP contribution is -2.44. The molecule has 1 saturated carbocycles. The predicted molar refractivity (Wildman–Crippen MR) is 79.9 cm³/mol. The molecular weight excluding hydrogens is 234 g/mol. The van der Waals surface area contributed by atoms with Crippen molar-refractivity contribution >= 4 is 0 Å². The molecule has 0 bridgehead atoms. The molecule has 104 valence electrons. The van der Waals surface area contributed by atoms with Crippen LogP contribution in [0.4, 0.5) is 0 Å². The molecule has 0 radical (unpaired) electrons. The average molecular weight is 259 g/mol. The van der Waals surface area contributed by atoms with Gasteiger partial charge < -0.3 is 10.4 Å². The number of hydrogen-bond donors (Lipinski definition) is 2. The Morgan fingerprint density at radius 3 is 2.53 bits per heavy atom. The van der Waals surface area contributed by atoms with Gasteiger partial charge in [0, 0.05) is 18.5 Å². The molecule has 19 heavy (non-hydrogen) atoms. The highest BCUT2D eigenvalue weighted by molar-refractivity contribution is 5.14. The van der Waals surface area contributed by atoms with E-state index in [0.29, 0.717) is 0 Å². The predicted octanol–water partition coefficient (Wildman–Crippen LogP) is 3.27. The van der Waals surface area contributed by atoms with Gasteiger partial charge in [0.15, 0.2) is 0 Å². The molecule has 2 N–H and O–H groups in total. The molecule has 1 aliphatic carbocycles. The molecular formula is C17H25NO. The Morgan fingerprint density at radius 1 is 1.21 bits per heavy atom. The first-order chi connectivity index (χ1) is 9.27. The van der Waals surface area contributed by atoms with Crippen LogP contribution < -0.4 is 5.32 Å². The van der Waals surface area contributed by atoms with Gasteiger partial charge in [0.1, 0.15) is 0 Å². The first-order valence-corrected chi connectivity index (χ1v) is 7.32. The summed E-state index contributed by atoms with van der Waals surface area (Å²) < 4.78 is 0. The molecule has 1 aromatic rings. The maximum atomic E-state index is 10.3. The van der Waals surface area contributed by atoms with Crippen molar-refractivity contribution < 1.29 is 5.11 Å². The topological polar surface area (TPSA) is 32.3 Å². The number of aliphatic hydroxyl groups is 1. The van der Waals surface area contributed by atoms with Crippen LogP contribution in [0, 0.1) is 5.41 Å². The largest absolute Gasteiger partial charge is 0.388 e. The second kappa shape index (κ2) is 6.88. The van der Waals surface area contributed by atoms with E-state index >= 15 is 0 Å². The number of rotatable bonds is 6. The minimum Gasteiger partial charge on any atom is -0.388 e. The molecule has 0 amide bonds. The first kappa shape index (κ1) is 14.3. The van der Waals surface area contributed by atoms with Gasteiger partial charge in [-0.1, -0.05) is 55.7 Å². The summed E-state index contributed by atoms with van der Waals surface area (Å²) >= 11 is 0. The van der Waals surface area contributed by atoms with Crippen molar-refractivity contribution in [3.05, 3.63) is 48.6 Å². The monoisotopic (exact) mass is 259 g/mol. The number of aliphatic hydroxyl groups excluding tert-OH is 1. The summed E-state index contributed by atoms with van der Waals surface area (Å²) in [5.74, 6) is 0. The molecule has 2 nitrogen and oxygen atoms in total. The zero-order chi connectivity index (χ0) is 13.6. The van der Waals surface area contributed by atoms with Crippen molar-refractivity contribution in [2.24, 2.45) is 5.41 Å². The highest BCUT2D eigenvalue weighted by Crippen LogP contribution is 2.39. The fourth-order valence-corrected chi connectivity index (χ4v) is 3.13. The van der Waals surface area contributed by atoms with Gasteiger partial charge >= 0.3 is 0 Å². The summed E-state index contributed by atoms with van der Waals surface area (Å²) in [4.78, 5) is 0. The molecule has 0 aromatic heterocycles. The highest BCUT2D eigenvalue weighted by Gasteiger charge is 2.37. The number of hydrogen-bond acceptors (Lipinski definition) is 2. The molecule has 1 aromatic carbocycles. The molecule has 1 unspecified atom stereocenters. The SMILES string of the molecule is C=CC(O)C1(CNCc2ccccc2)CCCCC1. The Hall–Kier alpha value is -1.12. The number of nitrogens with one attached hydrogen (secondary N) is 1. The van der Waals surface area contributed by atoms with Crippen LogP contribution in [-0.2, 0) is 6.54 Å². The zero-order valence-electron chi connectivity index (χ0n) is 11.6. The van der Waals surface area contributed by atoms with Gasteiger partial charge in [0.25, 0.3) is 0 Å². The van der Waals surface area contributed by atoms with Crippen molar-refractivity contribution in [3.8, 4) is 0 Å². The van der Waals surface area contributed by atoms with Crippen LogP contribution in [0.2, 0.25) is 0 Å². The van der Waals surface area contributed by atoms with Crippen LogP contribution in [0.1, 0.15) is 37.7 Å². The van der Waals surface area contributed by atoms with Crippen LogP contribution in [0.3, 0.4) is 0 Å². The van der Waals surface area contributed by atoms with E-state index in [0.717, 1.165) is 25.9 Å². The van der Waals surface area contributed by atoms with E-state index in [4.69, 9.17) is 0 Å². The molecule has 2 heteroatoms. The second-order valence-corrected chi connectivity index (χ2v) is 5.69. The van der Waals surface area contributed by atoms with E-state index in [2.05, 4.69) is 36.2 Å². The summed E-state index contributed by atoms with van der Waals surface area (Å²) in [5.41, 5.74) is 1.29. The van der Waals surface area contributed by atoms with E-state index in [1.54, 1.807) is 6.08 Å². The van der Waals surface area contributed by atoms with E-state index in [-0.39, 0.29) is 5.41 Å². The van der Waals surface area contributed by atoms with Gasteiger partial charge in [0.2, 0.25) is 0 Å². The lowest BCUT2D eigenvalue weighted by atomic mass is 9.70. The van der Waals surface area contributed by atoms with Crippen molar-refractivity contribution in [2.75, 3.05) is 6.54 Å². The Kier molecular flexibility index (Phi) is 5.17. The van der Waals surface area contributed by atoms with E-state index < -0.39 is 6.10 Å². The Balaban J connectivity index is 1.91. The quantitative estimate of drug-likeness (QED) is 0.768.